The third-order valence-electron chi connectivity index (χ3n) is 5.15. The smallest absolute Gasteiger partial charge is 0.411 e. The predicted molar refractivity (Wildman–Crippen MR) is 115 cm³/mol. The minimum atomic E-state index is -1.23. The molecule has 0 radical (unpaired) electrons. The van der Waals surface area contributed by atoms with E-state index < -0.39 is 30.3 Å². The van der Waals surface area contributed by atoms with Gasteiger partial charge in [0, 0.05) is 17.2 Å². The van der Waals surface area contributed by atoms with Crippen LogP contribution in [0.2, 0.25) is 0 Å². The van der Waals surface area contributed by atoms with E-state index in [2.05, 4.69) is 10.6 Å². The van der Waals surface area contributed by atoms with Gasteiger partial charge in [-0.05, 0) is 40.5 Å². The topological polar surface area (TPSA) is 105 Å². The zero-order chi connectivity index (χ0) is 22.7. The van der Waals surface area contributed by atoms with Crippen molar-refractivity contribution in [2.24, 2.45) is 0 Å². The second-order valence-electron chi connectivity index (χ2n) is 7.26. The number of carbonyl (C=O) groups excluding carboxylic acids is 2. The van der Waals surface area contributed by atoms with E-state index in [9.17, 15) is 18.8 Å². The highest BCUT2D eigenvalue weighted by Gasteiger charge is 2.29. The quantitative estimate of drug-likeness (QED) is 0.544. The molecule has 1 aliphatic carbocycles. The van der Waals surface area contributed by atoms with Crippen molar-refractivity contribution in [1.82, 2.24) is 5.32 Å². The van der Waals surface area contributed by atoms with Crippen LogP contribution in [0.4, 0.5) is 14.9 Å². The number of halogens is 1. The van der Waals surface area contributed by atoms with Crippen molar-refractivity contribution in [3.63, 3.8) is 0 Å². The van der Waals surface area contributed by atoms with Crippen molar-refractivity contribution in [3.05, 3.63) is 89.2 Å². The van der Waals surface area contributed by atoms with Crippen LogP contribution < -0.4 is 10.6 Å². The maximum Gasteiger partial charge on any atom is 0.411 e. The first-order valence-corrected chi connectivity index (χ1v) is 9.85. The number of carbonyl (C=O) groups is 3. The van der Waals surface area contributed by atoms with Crippen LogP contribution >= 0.6 is 0 Å². The van der Waals surface area contributed by atoms with Gasteiger partial charge < -0.3 is 15.2 Å². The van der Waals surface area contributed by atoms with Crippen LogP contribution in [0.5, 0.6) is 0 Å². The molecule has 4 rings (SSSR count). The van der Waals surface area contributed by atoms with Gasteiger partial charge in [-0.3, -0.25) is 14.9 Å². The van der Waals surface area contributed by atoms with Crippen molar-refractivity contribution >= 4 is 23.7 Å². The standard InChI is InChI=1S/C24H19FN2O5/c25-15-9-14(23(30)26-12-22(28)29)10-16(11-15)27-24(31)32-13-21-19-7-3-1-5-17(19)18-6-2-4-8-20(18)21/h1-11,21H,12-13H2,(H,26,30)(H,27,31)(H,28,29). The van der Waals surface area contributed by atoms with Crippen LogP contribution in [0.25, 0.3) is 11.1 Å². The molecule has 0 aliphatic heterocycles. The Bertz CT molecular complexity index is 1160. The first-order valence-electron chi connectivity index (χ1n) is 9.85. The summed E-state index contributed by atoms with van der Waals surface area (Å²) in [6.45, 7) is -0.522. The van der Waals surface area contributed by atoms with E-state index in [1.807, 2.05) is 48.5 Å². The molecule has 0 atom stereocenters. The summed E-state index contributed by atoms with van der Waals surface area (Å²) < 4.78 is 19.3. The first kappa shape index (κ1) is 21.0. The number of fused-ring (bicyclic) bond motifs is 3. The van der Waals surface area contributed by atoms with Crippen molar-refractivity contribution in [1.29, 1.82) is 0 Å². The fourth-order valence-corrected chi connectivity index (χ4v) is 3.80. The number of hydrogen-bond acceptors (Lipinski definition) is 4. The van der Waals surface area contributed by atoms with Crippen molar-refractivity contribution in [2.45, 2.75) is 5.92 Å². The SMILES string of the molecule is O=C(O)CNC(=O)c1cc(F)cc(NC(=O)OCC2c3ccccc3-c3ccccc32)c1. The average Bonchev–Trinajstić information content (AvgIpc) is 3.09. The van der Waals surface area contributed by atoms with Gasteiger partial charge in [-0.25, -0.2) is 9.18 Å². The fourth-order valence-electron chi connectivity index (χ4n) is 3.80. The average molecular weight is 434 g/mol. The Kier molecular flexibility index (Phi) is 5.85. The second kappa shape index (κ2) is 8.89. The maximum absolute atomic E-state index is 13.9. The highest BCUT2D eigenvalue weighted by atomic mass is 19.1. The van der Waals surface area contributed by atoms with Crippen LogP contribution in [0.15, 0.2) is 66.7 Å². The molecular weight excluding hydrogens is 415 g/mol. The molecule has 0 fully saturated rings. The summed E-state index contributed by atoms with van der Waals surface area (Å²) in [6.07, 6.45) is -0.797. The number of carboxylic acid groups (broad SMARTS) is 1. The molecule has 0 spiro atoms. The van der Waals surface area contributed by atoms with Gasteiger partial charge in [-0.1, -0.05) is 48.5 Å². The number of anilines is 1. The summed E-state index contributed by atoms with van der Waals surface area (Å²) in [5, 5.41) is 13.2. The molecule has 0 bridgehead atoms. The van der Waals surface area contributed by atoms with Crippen LogP contribution in [-0.4, -0.2) is 36.2 Å². The number of carboxylic acids is 1. The van der Waals surface area contributed by atoms with Crippen molar-refractivity contribution in [2.75, 3.05) is 18.5 Å². The second-order valence-corrected chi connectivity index (χ2v) is 7.26. The van der Waals surface area contributed by atoms with E-state index in [-0.39, 0.29) is 23.8 Å². The molecule has 0 aromatic heterocycles. The molecule has 0 saturated carbocycles. The van der Waals surface area contributed by atoms with Gasteiger partial charge in [-0.15, -0.1) is 0 Å². The first-order chi connectivity index (χ1) is 15.4. The number of benzene rings is 3. The maximum atomic E-state index is 13.9. The lowest BCUT2D eigenvalue weighted by Crippen LogP contribution is -2.29. The molecule has 0 heterocycles. The molecule has 7 nitrogen and oxygen atoms in total. The van der Waals surface area contributed by atoms with Gasteiger partial charge >= 0.3 is 12.1 Å². The Labute approximate surface area is 182 Å². The Balaban J connectivity index is 1.44. The lowest BCUT2D eigenvalue weighted by atomic mass is 9.98. The number of ether oxygens (including phenoxy) is 1. The summed E-state index contributed by atoms with van der Waals surface area (Å²) in [7, 11) is 0. The molecule has 1 aliphatic rings. The molecule has 32 heavy (non-hydrogen) atoms. The molecule has 0 saturated heterocycles. The molecule has 3 N–H and O–H groups in total. The zero-order valence-corrected chi connectivity index (χ0v) is 16.8. The third kappa shape index (κ3) is 4.44. The Morgan fingerprint density at radius 2 is 1.56 bits per heavy atom. The fraction of sp³-hybridized carbons (Fsp3) is 0.125. The molecule has 162 valence electrons. The summed E-state index contributed by atoms with van der Waals surface area (Å²) in [5.74, 6) is -2.89. The van der Waals surface area contributed by atoms with E-state index in [1.54, 1.807) is 0 Å². The molecule has 3 aromatic rings. The van der Waals surface area contributed by atoms with Gasteiger partial charge in [0.15, 0.2) is 0 Å². The van der Waals surface area contributed by atoms with Crippen LogP contribution in [0.3, 0.4) is 0 Å². The number of hydrogen-bond donors (Lipinski definition) is 3. The monoisotopic (exact) mass is 434 g/mol. The number of nitrogens with one attached hydrogen (secondary N) is 2. The minimum absolute atomic E-state index is 0.0164. The van der Waals surface area contributed by atoms with Gasteiger partial charge in [0.1, 0.15) is 19.0 Å². The van der Waals surface area contributed by atoms with Gasteiger partial charge in [0.05, 0.1) is 0 Å². The van der Waals surface area contributed by atoms with Crippen LogP contribution in [0.1, 0.15) is 27.4 Å². The minimum Gasteiger partial charge on any atom is -0.480 e. The molecule has 8 heteroatoms. The van der Waals surface area contributed by atoms with Gasteiger partial charge in [-0.2, -0.15) is 0 Å². The van der Waals surface area contributed by atoms with Gasteiger partial charge in [0.25, 0.3) is 5.91 Å². The molecule has 0 unspecified atom stereocenters. The third-order valence-corrected chi connectivity index (χ3v) is 5.15. The molecular formula is C24H19FN2O5. The van der Waals surface area contributed by atoms with Crippen molar-refractivity contribution < 1.29 is 28.6 Å². The highest BCUT2D eigenvalue weighted by molar-refractivity contribution is 5.97. The van der Waals surface area contributed by atoms with Gasteiger partial charge in [0.2, 0.25) is 0 Å². The molecule has 3 aromatic carbocycles. The summed E-state index contributed by atoms with van der Waals surface area (Å²) in [5.41, 5.74) is 4.20. The number of amides is 2. The lowest BCUT2D eigenvalue weighted by molar-refractivity contribution is -0.135. The summed E-state index contributed by atoms with van der Waals surface area (Å²) in [4.78, 5) is 34.9. The van der Waals surface area contributed by atoms with E-state index >= 15 is 0 Å². The highest BCUT2D eigenvalue weighted by Crippen LogP contribution is 2.44. The zero-order valence-electron chi connectivity index (χ0n) is 16.8. The normalized spacial score (nSPS) is 11.9. The van der Waals surface area contributed by atoms with E-state index in [4.69, 9.17) is 9.84 Å². The van der Waals surface area contributed by atoms with E-state index in [0.29, 0.717) is 0 Å². The Hall–Kier alpha value is -4.20. The largest absolute Gasteiger partial charge is 0.480 e. The van der Waals surface area contributed by atoms with Crippen LogP contribution in [0, 0.1) is 5.82 Å². The van der Waals surface area contributed by atoms with Crippen molar-refractivity contribution in [3.8, 4) is 11.1 Å². The Morgan fingerprint density at radius 1 is 0.938 bits per heavy atom. The molecule has 2 amide bonds. The number of aliphatic carboxylic acids is 1. The summed E-state index contributed by atoms with van der Waals surface area (Å²) in [6, 6.07) is 19.0. The summed E-state index contributed by atoms with van der Waals surface area (Å²) >= 11 is 0. The number of rotatable bonds is 6. The van der Waals surface area contributed by atoms with E-state index in [1.165, 1.54) is 6.07 Å². The lowest BCUT2D eigenvalue weighted by Gasteiger charge is -2.15. The van der Waals surface area contributed by atoms with E-state index in [0.717, 1.165) is 34.4 Å². The predicted octanol–water partition coefficient (Wildman–Crippen LogP) is 4.00. The Morgan fingerprint density at radius 3 is 2.19 bits per heavy atom. The van der Waals surface area contributed by atoms with Crippen LogP contribution in [-0.2, 0) is 9.53 Å².